The molecular formula is C25H32N2O8. The van der Waals surface area contributed by atoms with Crippen LogP contribution in [0.3, 0.4) is 0 Å². The van der Waals surface area contributed by atoms with E-state index >= 15 is 0 Å². The van der Waals surface area contributed by atoms with Crippen molar-refractivity contribution in [2.45, 2.75) is 68.4 Å². The molecule has 1 aromatic rings. The molecule has 10 nitrogen and oxygen atoms in total. The van der Waals surface area contributed by atoms with E-state index in [1.54, 1.807) is 30.0 Å². The fraction of sp³-hybridized carbons (Fsp3) is 0.640. The lowest BCUT2D eigenvalue weighted by Gasteiger charge is -2.60. The van der Waals surface area contributed by atoms with Crippen molar-refractivity contribution in [3.8, 4) is 5.75 Å². The van der Waals surface area contributed by atoms with Crippen molar-refractivity contribution >= 4 is 23.5 Å². The van der Waals surface area contributed by atoms with E-state index in [1.807, 2.05) is 19.1 Å². The van der Waals surface area contributed by atoms with Gasteiger partial charge in [0.1, 0.15) is 5.75 Å². The zero-order valence-electron chi connectivity index (χ0n) is 20.6. The van der Waals surface area contributed by atoms with E-state index < -0.39 is 52.6 Å². The summed E-state index contributed by atoms with van der Waals surface area (Å²) in [4.78, 5) is 43.1. The monoisotopic (exact) mass is 488 g/mol. The summed E-state index contributed by atoms with van der Waals surface area (Å²) in [5, 5.41) is 22.8. The van der Waals surface area contributed by atoms with Crippen LogP contribution in [0.5, 0.6) is 5.75 Å². The number of amides is 1. The molecule has 3 fully saturated rings. The third-order valence-electron chi connectivity index (χ3n) is 9.02. The Bertz CT molecular complexity index is 1110. The van der Waals surface area contributed by atoms with Crippen LogP contribution in [0.2, 0.25) is 0 Å². The predicted molar refractivity (Wildman–Crippen MR) is 123 cm³/mol. The summed E-state index contributed by atoms with van der Waals surface area (Å²) in [6, 6.07) is 3.50. The lowest BCUT2D eigenvalue weighted by molar-refractivity contribution is -0.229. The molecule has 10 heteroatoms. The van der Waals surface area contributed by atoms with Crippen LogP contribution in [0.15, 0.2) is 18.2 Å². The Balaban J connectivity index is 1.89. The zero-order chi connectivity index (χ0) is 25.5. The average molecular weight is 489 g/mol. The van der Waals surface area contributed by atoms with Crippen LogP contribution in [0.1, 0.15) is 38.7 Å². The molecule has 190 valence electrons. The van der Waals surface area contributed by atoms with Gasteiger partial charge in [-0.1, -0.05) is 13.0 Å². The minimum absolute atomic E-state index is 0.0380. The van der Waals surface area contributed by atoms with Gasteiger partial charge >= 0.3 is 11.9 Å². The Morgan fingerprint density at radius 3 is 2.51 bits per heavy atom. The number of esters is 2. The summed E-state index contributed by atoms with van der Waals surface area (Å²) in [6.45, 7) is 2.85. The number of benzene rings is 1. The maximum Gasteiger partial charge on any atom is 0.344 e. The maximum absolute atomic E-state index is 13.6. The van der Waals surface area contributed by atoms with E-state index in [9.17, 15) is 24.6 Å². The van der Waals surface area contributed by atoms with Gasteiger partial charge in [-0.2, -0.15) is 0 Å². The Morgan fingerprint density at radius 2 is 1.94 bits per heavy atom. The largest absolute Gasteiger partial charge is 0.497 e. The van der Waals surface area contributed by atoms with E-state index in [2.05, 4.69) is 0 Å². The highest BCUT2D eigenvalue weighted by molar-refractivity contribution is 5.92. The molecule has 1 spiro atoms. The smallest absolute Gasteiger partial charge is 0.344 e. The summed E-state index contributed by atoms with van der Waals surface area (Å²) in [5.41, 5.74) is -2.76. The molecule has 1 aliphatic carbocycles. The van der Waals surface area contributed by atoms with Gasteiger partial charge in [0.25, 0.3) is 0 Å². The topological polar surface area (TPSA) is 126 Å². The van der Waals surface area contributed by atoms with Crippen molar-refractivity contribution in [1.29, 1.82) is 0 Å². The average Bonchev–Trinajstić information content (AvgIpc) is 3.44. The van der Waals surface area contributed by atoms with Gasteiger partial charge in [-0.15, -0.1) is 0 Å². The second-order valence-electron chi connectivity index (χ2n) is 10.3. The molecule has 0 radical (unpaired) electrons. The molecule has 2 saturated heterocycles. The number of anilines is 1. The van der Waals surface area contributed by atoms with E-state index in [-0.39, 0.29) is 25.4 Å². The number of methoxy groups -OCH3 is 2. The van der Waals surface area contributed by atoms with Gasteiger partial charge in [0.2, 0.25) is 11.5 Å². The Hall–Kier alpha value is -2.85. The third kappa shape index (κ3) is 2.59. The molecule has 7 atom stereocenters. The number of carbonyl (C=O) groups is 3. The van der Waals surface area contributed by atoms with E-state index in [4.69, 9.17) is 14.2 Å². The van der Waals surface area contributed by atoms with Gasteiger partial charge in [-0.25, -0.2) is 4.79 Å². The lowest BCUT2D eigenvalue weighted by atomic mass is 9.48. The molecule has 4 aliphatic rings. The highest BCUT2D eigenvalue weighted by atomic mass is 16.6. The highest BCUT2D eigenvalue weighted by Gasteiger charge is 2.84. The Morgan fingerprint density at radius 1 is 1.23 bits per heavy atom. The molecule has 0 unspecified atom stereocenters. The van der Waals surface area contributed by atoms with Crippen molar-refractivity contribution in [2.24, 2.45) is 5.41 Å². The van der Waals surface area contributed by atoms with Gasteiger partial charge in [0.15, 0.2) is 6.10 Å². The number of aliphatic hydroxyl groups excluding tert-OH is 1. The molecule has 35 heavy (non-hydrogen) atoms. The van der Waals surface area contributed by atoms with Crippen LogP contribution >= 0.6 is 0 Å². The van der Waals surface area contributed by atoms with Gasteiger partial charge in [0.05, 0.1) is 44.4 Å². The first-order chi connectivity index (χ1) is 16.6. The van der Waals surface area contributed by atoms with Crippen LogP contribution in [-0.2, 0) is 29.3 Å². The second-order valence-corrected chi connectivity index (χ2v) is 10.3. The van der Waals surface area contributed by atoms with E-state index in [0.29, 0.717) is 17.9 Å². The molecular weight excluding hydrogens is 456 g/mol. The Kier molecular flexibility index (Phi) is 5.16. The quantitative estimate of drug-likeness (QED) is 0.565. The number of hydrogen-bond acceptors (Lipinski definition) is 9. The number of carbonyl (C=O) groups excluding carboxylic acids is 3. The van der Waals surface area contributed by atoms with E-state index in [1.165, 1.54) is 14.0 Å². The summed E-state index contributed by atoms with van der Waals surface area (Å²) in [5.74, 6) is -1.15. The predicted octanol–water partition coefficient (Wildman–Crippen LogP) is 0.363. The van der Waals surface area contributed by atoms with Crippen LogP contribution in [0, 0.1) is 5.41 Å². The maximum atomic E-state index is 13.6. The van der Waals surface area contributed by atoms with Crippen LogP contribution in [-0.4, -0.2) is 90.7 Å². The fourth-order valence-corrected chi connectivity index (χ4v) is 8.08. The second kappa shape index (κ2) is 7.57. The standard InChI is InChI=1S/C25H32N2O8/c1-6-23-10-14(12-28)27-18(30)11-24(19(23)27)16-8-7-15(33-4)9-17(16)26(3)20(24)25(32,22(31)34-5)21(23)35-13(2)29/h7-9,14,19-21,28,32H,6,10-12H2,1-5H3/t14-,19+,20-,21-,23-,24-,25+/m1/s1. The van der Waals surface area contributed by atoms with Crippen molar-refractivity contribution in [2.75, 3.05) is 32.8 Å². The first-order valence-corrected chi connectivity index (χ1v) is 11.9. The number of nitrogens with zero attached hydrogens (tertiary/aromatic N) is 2. The molecule has 1 amide bonds. The fourth-order valence-electron chi connectivity index (χ4n) is 8.08. The van der Waals surface area contributed by atoms with Crippen LogP contribution in [0.4, 0.5) is 5.69 Å². The lowest BCUT2D eigenvalue weighted by Crippen LogP contribution is -2.79. The SMILES string of the molecule is CC[C@]12C[C@H](CO)N3C(=O)C[C@@]4(c5ccc(OC)cc5N(C)[C@H]4[C@@](O)(C(=O)OC)[C@@H]1OC(C)=O)[C@@H]32. The number of hydrogen-bond donors (Lipinski definition) is 2. The van der Waals surface area contributed by atoms with Crippen molar-refractivity contribution in [3.63, 3.8) is 0 Å². The molecule has 5 rings (SSSR count). The van der Waals surface area contributed by atoms with Gasteiger partial charge in [-0.05, 0) is 24.5 Å². The molecule has 0 aromatic heterocycles. The van der Waals surface area contributed by atoms with Crippen LogP contribution in [0.25, 0.3) is 0 Å². The molecule has 0 bridgehead atoms. The molecule has 3 aliphatic heterocycles. The summed E-state index contributed by atoms with van der Waals surface area (Å²) < 4.78 is 16.4. The van der Waals surface area contributed by atoms with Gasteiger partial charge in [0, 0.05) is 37.6 Å². The summed E-state index contributed by atoms with van der Waals surface area (Å²) in [6.07, 6.45) is -0.580. The van der Waals surface area contributed by atoms with Crippen molar-refractivity contribution in [1.82, 2.24) is 4.90 Å². The normalized spacial score (nSPS) is 38.7. The van der Waals surface area contributed by atoms with Crippen molar-refractivity contribution < 1.29 is 38.8 Å². The van der Waals surface area contributed by atoms with Gasteiger partial charge in [-0.3, -0.25) is 9.59 Å². The van der Waals surface area contributed by atoms with Crippen molar-refractivity contribution in [3.05, 3.63) is 23.8 Å². The van der Waals surface area contributed by atoms with E-state index in [0.717, 1.165) is 5.56 Å². The van der Waals surface area contributed by atoms with Crippen LogP contribution < -0.4 is 9.64 Å². The molecule has 1 saturated carbocycles. The first-order valence-electron chi connectivity index (χ1n) is 11.9. The number of likely N-dealkylation sites (N-methyl/N-ethyl adjacent to an activating group) is 1. The molecule has 2 N–H and O–H groups in total. The number of rotatable bonds is 5. The minimum atomic E-state index is -2.28. The van der Waals surface area contributed by atoms with Gasteiger partial charge < -0.3 is 34.2 Å². The highest BCUT2D eigenvalue weighted by Crippen LogP contribution is 2.70. The number of aliphatic hydroxyl groups is 2. The minimum Gasteiger partial charge on any atom is -0.497 e. The first kappa shape index (κ1) is 23.9. The Labute approximate surface area is 203 Å². The summed E-state index contributed by atoms with van der Waals surface area (Å²) >= 11 is 0. The number of fused-ring (bicyclic) bond motifs is 1. The number of ether oxygens (including phenoxy) is 3. The zero-order valence-corrected chi connectivity index (χ0v) is 20.6. The molecule has 3 heterocycles. The molecule has 1 aromatic carbocycles. The summed E-state index contributed by atoms with van der Waals surface area (Å²) in [7, 11) is 4.49. The third-order valence-corrected chi connectivity index (χ3v) is 9.02.